The molecule has 17 heteroatoms. The Bertz CT molecular complexity index is 1780. The van der Waals surface area contributed by atoms with Crippen LogP contribution in [0.2, 0.25) is 0 Å². The summed E-state index contributed by atoms with van der Waals surface area (Å²) in [6.07, 6.45) is -10.8. The molecule has 5 rings (SSSR count). The lowest BCUT2D eigenvalue weighted by atomic mass is 9.80. The summed E-state index contributed by atoms with van der Waals surface area (Å²) in [6.45, 7) is 3.28. The van der Waals surface area contributed by atoms with E-state index in [-0.39, 0.29) is 32.8 Å². The number of aliphatic hydroxyl groups excluding tert-OH is 2. The van der Waals surface area contributed by atoms with E-state index in [0.29, 0.717) is 12.0 Å². The second kappa shape index (κ2) is 22.1. The minimum absolute atomic E-state index is 0.0225. The third-order valence-corrected chi connectivity index (χ3v) is 10.2. The first-order chi connectivity index (χ1) is 28.5. The lowest BCUT2D eigenvalue weighted by molar-refractivity contribution is -0.272. The number of alkyl carbamates (subject to hydrolysis) is 3. The van der Waals surface area contributed by atoms with Gasteiger partial charge in [0.1, 0.15) is 44.2 Å². The molecule has 1 aliphatic carbocycles. The number of hydrogen-bond acceptors (Lipinski definition) is 13. The van der Waals surface area contributed by atoms with Crippen molar-refractivity contribution in [1.82, 2.24) is 20.9 Å². The van der Waals surface area contributed by atoms with E-state index in [1.54, 1.807) is 50.2 Å². The first kappa shape index (κ1) is 44.6. The maximum absolute atomic E-state index is 13.3. The molecule has 0 spiro atoms. The molecule has 17 nitrogen and oxygen atoms in total. The fourth-order valence-corrected chi connectivity index (χ4v) is 7.08. The molecule has 1 heterocycles. The van der Waals surface area contributed by atoms with E-state index in [2.05, 4.69) is 16.0 Å². The smallest absolute Gasteiger partial charge is 0.409 e. The van der Waals surface area contributed by atoms with E-state index in [1.165, 1.54) is 14.2 Å². The molecule has 3 aromatic rings. The number of amides is 4. The highest BCUT2D eigenvalue weighted by Crippen LogP contribution is 2.33. The van der Waals surface area contributed by atoms with Crippen LogP contribution in [0.25, 0.3) is 0 Å². The first-order valence-electron chi connectivity index (χ1n) is 19.5. The quantitative estimate of drug-likeness (QED) is 0.138. The van der Waals surface area contributed by atoms with Crippen LogP contribution in [0, 0.1) is 0 Å². The standard InChI is InChI=1S/C42H54N4O13/c1-5-54-42(52)46(3)33-35(48)36(32(34(47)37(33)53-4)45-41(51)57-25-29-19-13-8-14-20-29)59-38-30(44-40(50)56-24-28-17-11-7-12-18-28)21-22-31(58-38)26(2)43-39(49)55-23-27-15-9-6-10-16-27/h6-20,26,30-38,47-48H,5,21-25H2,1-4H3,(H,43,49)(H,44,50)(H,45,51)/t26-,30+,31-,32-,33-,34-,35+,36+,37+,38+/m0/s1. The molecule has 0 bridgehead atoms. The SMILES string of the molecule is CCOC(=O)N(C)[C@H]1[C@@H](O)[C@H](O[C@H]2O[C@H]([C@H](C)NC(=O)OCc3ccccc3)CC[C@H]2NC(=O)OCc2ccccc2)[C@@H](NC(=O)OCc2ccccc2)[C@H](O)[C@@H]1OC. The molecule has 10 atom stereocenters. The summed E-state index contributed by atoms with van der Waals surface area (Å²) in [7, 11) is 2.65. The van der Waals surface area contributed by atoms with Gasteiger partial charge in [0.25, 0.3) is 0 Å². The van der Waals surface area contributed by atoms with E-state index in [0.717, 1.165) is 16.0 Å². The van der Waals surface area contributed by atoms with Crippen LogP contribution in [0.15, 0.2) is 91.0 Å². The summed E-state index contributed by atoms with van der Waals surface area (Å²) in [5, 5.41) is 32.1. The number of aliphatic hydroxyl groups is 2. The highest BCUT2D eigenvalue weighted by Gasteiger charge is 2.55. The normalized spacial score (nSPS) is 25.7. The molecule has 320 valence electrons. The van der Waals surface area contributed by atoms with Gasteiger partial charge in [-0.15, -0.1) is 0 Å². The van der Waals surface area contributed by atoms with Gasteiger partial charge in [-0.3, -0.25) is 0 Å². The van der Waals surface area contributed by atoms with Gasteiger partial charge in [-0.05, 0) is 43.4 Å². The van der Waals surface area contributed by atoms with Gasteiger partial charge in [0, 0.05) is 14.2 Å². The molecule has 0 aromatic heterocycles. The summed E-state index contributed by atoms with van der Waals surface area (Å²) >= 11 is 0. The molecule has 1 aliphatic heterocycles. The summed E-state index contributed by atoms with van der Waals surface area (Å²) in [4.78, 5) is 53.4. The van der Waals surface area contributed by atoms with Crippen molar-refractivity contribution in [2.24, 2.45) is 0 Å². The third-order valence-electron chi connectivity index (χ3n) is 10.2. The first-order valence-corrected chi connectivity index (χ1v) is 19.5. The molecule has 0 radical (unpaired) electrons. The van der Waals surface area contributed by atoms with E-state index in [1.807, 2.05) is 54.6 Å². The molecule has 59 heavy (non-hydrogen) atoms. The monoisotopic (exact) mass is 822 g/mol. The van der Waals surface area contributed by atoms with Crippen LogP contribution in [0.5, 0.6) is 0 Å². The topological polar surface area (TPSA) is 213 Å². The van der Waals surface area contributed by atoms with E-state index in [4.69, 9.17) is 33.2 Å². The fourth-order valence-electron chi connectivity index (χ4n) is 7.08. The van der Waals surface area contributed by atoms with Gasteiger partial charge in [0.05, 0.1) is 36.9 Å². The van der Waals surface area contributed by atoms with Crippen molar-refractivity contribution in [3.05, 3.63) is 108 Å². The molecule has 1 saturated carbocycles. The number of benzene rings is 3. The molecule has 1 saturated heterocycles. The zero-order valence-electron chi connectivity index (χ0n) is 33.5. The lowest BCUT2D eigenvalue weighted by Crippen LogP contribution is -2.73. The fraction of sp³-hybridized carbons (Fsp3) is 0.476. The maximum atomic E-state index is 13.3. The summed E-state index contributed by atoms with van der Waals surface area (Å²) in [5.74, 6) is 0. The number of carbonyl (C=O) groups excluding carboxylic acids is 4. The number of rotatable bonds is 15. The zero-order valence-corrected chi connectivity index (χ0v) is 33.5. The molecule has 5 N–H and O–H groups in total. The Labute approximate surface area is 343 Å². The summed E-state index contributed by atoms with van der Waals surface area (Å²) < 4.78 is 40.1. The number of carbonyl (C=O) groups is 4. The van der Waals surface area contributed by atoms with Gasteiger partial charge in [-0.2, -0.15) is 0 Å². The Morgan fingerprint density at radius 1 is 0.729 bits per heavy atom. The average Bonchev–Trinajstić information content (AvgIpc) is 3.25. The Kier molecular flexibility index (Phi) is 16.7. The van der Waals surface area contributed by atoms with Gasteiger partial charge in [-0.25, -0.2) is 19.2 Å². The predicted octanol–water partition coefficient (Wildman–Crippen LogP) is 3.99. The summed E-state index contributed by atoms with van der Waals surface area (Å²) in [5.41, 5.74) is 2.26. The van der Waals surface area contributed by atoms with Crippen molar-refractivity contribution in [2.75, 3.05) is 20.8 Å². The van der Waals surface area contributed by atoms with E-state index < -0.39 is 85.4 Å². The minimum Gasteiger partial charge on any atom is -0.450 e. The van der Waals surface area contributed by atoms with Gasteiger partial charge in [0.15, 0.2) is 6.29 Å². The highest BCUT2D eigenvalue weighted by molar-refractivity contribution is 5.69. The molecule has 2 fully saturated rings. The maximum Gasteiger partial charge on any atom is 0.409 e. The second-order valence-electron chi connectivity index (χ2n) is 14.2. The van der Waals surface area contributed by atoms with Crippen LogP contribution in [0.3, 0.4) is 0 Å². The predicted molar refractivity (Wildman–Crippen MR) is 210 cm³/mol. The van der Waals surface area contributed by atoms with Gasteiger partial charge >= 0.3 is 24.4 Å². The number of nitrogens with zero attached hydrogens (tertiary/aromatic N) is 1. The third kappa shape index (κ3) is 12.5. The Hall–Kier alpha value is -5.46. The van der Waals surface area contributed by atoms with Crippen LogP contribution in [-0.2, 0) is 53.0 Å². The Morgan fingerprint density at radius 3 is 1.75 bits per heavy atom. The molecular weight excluding hydrogens is 768 g/mol. The van der Waals surface area contributed by atoms with Gasteiger partial charge < -0.3 is 64.2 Å². The number of ether oxygens (including phenoxy) is 7. The number of likely N-dealkylation sites (N-methyl/N-ethyl adjacent to an activating group) is 1. The van der Waals surface area contributed by atoms with Crippen LogP contribution in [-0.4, -0.2) is 121 Å². The van der Waals surface area contributed by atoms with Crippen molar-refractivity contribution in [2.45, 2.75) is 107 Å². The molecular formula is C42H54N4O13. The Balaban J connectivity index is 1.39. The van der Waals surface area contributed by atoms with Crippen molar-refractivity contribution < 1.29 is 62.5 Å². The van der Waals surface area contributed by atoms with E-state index >= 15 is 0 Å². The number of nitrogens with one attached hydrogen (secondary N) is 3. The molecule has 3 aromatic carbocycles. The van der Waals surface area contributed by atoms with Crippen LogP contribution >= 0.6 is 0 Å². The summed E-state index contributed by atoms with van der Waals surface area (Å²) in [6, 6.07) is 23.0. The zero-order chi connectivity index (χ0) is 42.3. The highest BCUT2D eigenvalue weighted by atomic mass is 16.7. The molecule has 2 aliphatic rings. The van der Waals surface area contributed by atoms with Crippen molar-refractivity contribution >= 4 is 24.4 Å². The van der Waals surface area contributed by atoms with Crippen LogP contribution in [0.1, 0.15) is 43.4 Å². The number of methoxy groups -OCH3 is 1. The largest absolute Gasteiger partial charge is 0.450 e. The number of hydrogen-bond donors (Lipinski definition) is 5. The lowest BCUT2D eigenvalue weighted by Gasteiger charge is -2.50. The van der Waals surface area contributed by atoms with E-state index in [9.17, 15) is 29.4 Å². The molecule has 4 amide bonds. The van der Waals surface area contributed by atoms with Crippen LogP contribution in [0.4, 0.5) is 19.2 Å². The van der Waals surface area contributed by atoms with Gasteiger partial charge in [0.2, 0.25) is 0 Å². The Morgan fingerprint density at radius 2 is 1.24 bits per heavy atom. The minimum atomic E-state index is -1.66. The second-order valence-corrected chi connectivity index (χ2v) is 14.2. The molecule has 0 unspecified atom stereocenters. The van der Waals surface area contributed by atoms with Crippen molar-refractivity contribution in [1.29, 1.82) is 0 Å². The van der Waals surface area contributed by atoms with Gasteiger partial charge in [-0.1, -0.05) is 91.0 Å². The average molecular weight is 823 g/mol. The van der Waals surface area contributed by atoms with Crippen LogP contribution < -0.4 is 16.0 Å². The van der Waals surface area contributed by atoms with Crippen molar-refractivity contribution in [3.8, 4) is 0 Å². The van der Waals surface area contributed by atoms with Crippen molar-refractivity contribution in [3.63, 3.8) is 0 Å².